The summed E-state index contributed by atoms with van der Waals surface area (Å²) in [5, 5.41) is 0.704. The summed E-state index contributed by atoms with van der Waals surface area (Å²) in [5.41, 5.74) is 11.3. The number of halogens is 1. The van der Waals surface area contributed by atoms with Gasteiger partial charge in [-0.2, -0.15) is 0 Å². The molecule has 0 amide bonds. The number of benzene rings is 3. The van der Waals surface area contributed by atoms with Crippen molar-refractivity contribution in [1.82, 2.24) is 9.97 Å². The average molecular weight is 531 g/mol. The van der Waals surface area contributed by atoms with E-state index in [1.807, 2.05) is 24.8 Å². The topological polar surface area (TPSA) is 25.8 Å². The molecule has 0 saturated heterocycles. The second kappa shape index (κ2) is 10.4. The Morgan fingerprint density at radius 3 is 1.18 bits per heavy atom. The standard InChI is InChI=1S/C36H35ClN2/c1-35(2,3)28-16-26(20-38-22-28)33-13-9-7-11-31(33)24-15-25(19-30(37)18-24)32-12-8-10-14-34(32)27-17-29(23-39-21-27)36(4,5)6/h7-23H,1-6H3. The van der Waals surface area contributed by atoms with Crippen LogP contribution in [0.4, 0.5) is 0 Å². The van der Waals surface area contributed by atoms with Gasteiger partial charge in [0.15, 0.2) is 0 Å². The molecule has 196 valence electrons. The number of hydrogen-bond donors (Lipinski definition) is 0. The molecule has 0 atom stereocenters. The molecule has 3 heteroatoms. The van der Waals surface area contributed by atoms with Crippen LogP contribution in [0.2, 0.25) is 5.02 Å². The summed E-state index contributed by atoms with van der Waals surface area (Å²) < 4.78 is 0. The van der Waals surface area contributed by atoms with Crippen LogP contribution in [0.1, 0.15) is 52.7 Å². The normalized spacial score (nSPS) is 12.0. The van der Waals surface area contributed by atoms with E-state index in [9.17, 15) is 0 Å². The predicted molar refractivity (Wildman–Crippen MR) is 166 cm³/mol. The highest BCUT2D eigenvalue weighted by Crippen LogP contribution is 2.40. The second-order valence-electron chi connectivity index (χ2n) is 12.2. The maximum Gasteiger partial charge on any atom is 0.0418 e. The van der Waals surface area contributed by atoms with Gasteiger partial charge in [0.25, 0.3) is 0 Å². The fraction of sp³-hybridized carbons (Fsp3) is 0.222. The molecule has 0 spiro atoms. The van der Waals surface area contributed by atoms with E-state index in [1.54, 1.807) is 0 Å². The monoisotopic (exact) mass is 530 g/mol. The zero-order valence-corrected chi connectivity index (χ0v) is 24.3. The Hall–Kier alpha value is -3.75. The molecule has 2 aromatic heterocycles. The Balaban J connectivity index is 1.64. The molecular formula is C36H35ClN2. The first kappa shape index (κ1) is 26.8. The molecule has 0 aliphatic carbocycles. The third-order valence-electron chi connectivity index (χ3n) is 7.20. The lowest BCUT2D eigenvalue weighted by Crippen LogP contribution is -2.11. The van der Waals surface area contributed by atoms with Crippen molar-refractivity contribution in [2.75, 3.05) is 0 Å². The Morgan fingerprint density at radius 2 is 0.821 bits per heavy atom. The Bertz CT molecular complexity index is 1520. The molecule has 2 heterocycles. The highest BCUT2D eigenvalue weighted by molar-refractivity contribution is 6.31. The molecule has 0 aliphatic rings. The molecule has 0 bridgehead atoms. The Morgan fingerprint density at radius 1 is 0.462 bits per heavy atom. The maximum absolute atomic E-state index is 6.79. The van der Waals surface area contributed by atoms with E-state index >= 15 is 0 Å². The minimum Gasteiger partial charge on any atom is -0.264 e. The van der Waals surface area contributed by atoms with Crippen LogP contribution in [0.15, 0.2) is 104 Å². The molecule has 0 saturated carbocycles. The molecule has 3 aromatic carbocycles. The first-order chi connectivity index (χ1) is 18.5. The SMILES string of the molecule is CC(C)(C)c1cncc(-c2ccccc2-c2cc(Cl)cc(-c3ccccc3-c3cncc(C(C)(C)C)c3)c2)c1. The number of hydrogen-bond acceptors (Lipinski definition) is 2. The van der Waals surface area contributed by atoms with Crippen LogP contribution in [-0.2, 0) is 10.8 Å². The smallest absolute Gasteiger partial charge is 0.0418 e. The lowest BCUT2D eigenvalue weighted by Gasteiger charge is -2.20. The number of pyridine rings is 2. The van der Waals surface area contributed by atoms with Gasteiger partial charge in [-0.3, -0.25) is 9.97 Å². The summed E-state index contributed by atoms with van der Waals surface area (Å²) in [4.78, 5) is 9.16. The van der Waals surface area contributed by atoms with Gasteiger partial charge in [0.2, 0.25) is 0 Å². The summed E-state index contributed by atoms with van der Waals surface area (Å²) in [7, 11) is 0. The molecule has 5 rings (SSSR count). The van der Waals surface area contributed by atoms with Gasteiger partial charge >= 0.3 is 0 Å². The van der Waals surface area contributed by atoms with Gasteiger partial charge in [-0.25, -0.2) is 0 Å². The highest BCUT2D eigenvalue weighted by Gasteiger charge is 2.18. The van der Waals surface area contributed by atoms with Gasteiger partial charge in [-0.1, -0.05) is 102 Å². The Labute approximate surface area is 237 Å². The van der Waals surface area contributed by atoms with E-state index in [4.69, 9.17) is 11.6 Å². The quantitative estimate of drug-likeness (QED) is 0.231. The van der Waals surface area contributed by atoms with Gasteiger partial charge in [0, 0.05) is 40.9 Å². The second-order valence-corrected chi connectivity index (χ2v) is 12.7. The summed E-state index contributed by atoms with van der Waals surface area (Å²) in [5.74, 6) is 0. The van der Waals surface area contributed by atoms with Crippen LogP contribution < -0.4 is 0 Å². The van der Waals surface area contributed by atoms with E-state index in [2.05, 4.69) is 130 Å². The lowest BCUT2D eigenvalue weighted by atomic mass is 9.85. The predicted octanol–water partition coefficient (Wildman–Crippen LogP) is 10.4. The van der Waals surface area contributed by atoms with Crippen LogP contribution >= 0.6 is 11.6 Å². The summed E-state index contributed by atoms with van der Waals surface area (Å²) in [6, 6.07) is 27.8. The average Bonchev–Trinajstić information content (AvgIpc) is 2.92. The number of rotatable bonds is 4. The molecule has 5 aromatic rings. The maximum atomic E-state index is 6.79. The zero-order valence-electron chi connectivity index (χ0n) is 23.6. The van der Waals surface area contributed by atoms with Crippen molar-refractivity contribution in [2.45, 2.75) is 52.4 Å². The van der Waals surface area contributed by atoms with Crippen molar-refractivity contribution in [3.63, 3.8) is 0 Å². The third kappa shape index (κ3) is 5.82. The van der Waals surface area contributed by atoms with Gasteiger partial charge < -0.3 is 0 Å². The first-order valence-corrected chi connectivity index (χ1v) is 13.8. The van der Waals surface area contributed by atoms with Crippen molar-refractivity contribution < 1.29 is 0 Å². The fourth-order valence-electron chi connectivity index (χ4n) is 4.87. The van der Waals surface area contributed by atoms with E-state index in [-0.39, 0.29) is 10.8 Å². The zero-order chi connectivity index (χ0) is 27.8. The van der Waals surface area contributed by atoms with Crippen LogP contribution in [0.3, 0.4) is 0 Å². The van der Waals surface area contributed by atoms with Crippen molar-refractivity contribution in [2.24, 2.45) is 0 Å². The fourth-order valence-corrected chi connectivity index (χ4v) is 5.10. The Kier molecular flexibility index (Phi) is 7.18. The molecule has 0 fully saturated rings. The number of aromatic nitrogens is 2. The van der Waals surface area contributed by atoms with Gasteiger partial charge in [0.05, 0.1) is 0 Å². The van der Waals surface area contributed by atoms with Crippen molar-refractivity contribution in [3.8, 4) is 44.5 Å². The highest BCUT2D eigenvalue weighted by atomic mass is 35.5. The summed E-state index contributed by atoms with van der Waals surface area (Å²) in [6.07, 6.45) is 7.82. The number of nitrogens with zero attached hydrogens (tertiary/aromatic N) is 2. The first-order valence-electron chi connectivity index (χ1n) is 13.4. The molecule has 2 nitrogen and oxygen atoms in total. The van der Waals surface area contributed by atoms with Crippen molar-refractivity contribution in [1.29, 1.82) is 0 Å². The summed E-state index contributed by atoms with van der Waals surface area (Å²) >= 11 is 6.79. The van der Waals surface area contributed by atoms with E-state index in [1.165, 1.54) is 11.1 Å². The molecular weight excluding hydrogens is 496 g/mol. The van der Waals surface area contributed by atoms with E-state index in [0.717, 1.165) is 44.5 Å². The van der Waals surface area contributed by atoms with Gasteiger partial charge in [-0.05, 0) is 85.7 Å². The van der Waals surface area contributed by atoms with Crippen LogP contribution in [0.25, 0.3) is 44.5 Å². The van der Waals surface area contributed by atoms with Gasteiger partial charge in [-0.15, -0.1) is 0 Å². The summed E-state index contributed by atoms with van der Waals surface area (Å²) in [6.45, 7) is 13.3. The van der Waals surface area contributed by atoms with Gasteiger partial charge in [0.1, 0.15) is 0 Å². The minimum atomic E-state index is 0.0179. The molecule has 0 N–H and O–H groups in total. The van der Waals surface area contributed by atoms with Crippen molar-refractivity contribution >= 4 is 11.6 Å². The third-order valence-corrected chi connectivity index (χ3v) is 7.42. The minimum absolute atomic E-state index is 0.0179. The van der Waals surface area contributed by atoms with Crippen LogP contribution in [-0.4, -0.2) is 9.97 Å². The van der Waals surface area contributed by atoms with Crippen molar-refractivity contribution in [3.05, 3.63) is 120 Å². The van der Waals surface area contributed by atoms with Crippen LogP contribution in [0, 0.1) is 0 Å². The van der Waals surface area contributed by atoms with Crippen LogP contribution in [0.5, 0.6) is 0 Å². The molecule has 0 unspecified atom stereocenters. The van der Waals surface area contributed by atoms with E-state index in [0.29, 0.717) is 5.02 Å². The molecule has 0 aliphatic heterocycles. The lowest BCUT2D eigenvalue weighted by molar-refractivity contribution is 0.587. The van der Waals surface area contributed by atoms with E-state index < -0.39 is 0 Å². The largest absolute Gasteiger partial charge is 0.264 e. The molecule has 0 radical (unpaired) electrons. The molecule has 39 heavy (non-hydrogen) atoms.